The average molecular weight is 400 g/mol. The van der Waals surface area contributed by atoms with Crippen molar-refractivity contribution in [2.45, 2.75) is 43.0 Å². The SMILES string of the molecule is C/C=C\C(=O)OCC(F)(F)C(F)(F)C(F)(F)C(F)(F)C(F)(F)C(F)F. The van der Waals surface area contributed by atoms with Crippen molar-refractivity contribution in [3.8, 4) is 0 Å². The summed E-state index contributed by atoms with van der Waals surface area (Å²) in [5.74, 6) is -37.6. The average Bonchev–Trinajstić information content (AvgIpc) is 2.44. The van der Waals surface area contributed by atoms with E-state index >= 15 is 0 Å². The van der Waals surface area contributed by atoms with Gasteiger partial charge in [0, 0.05) is 6.08 Å². The molecular formula is C11H8F12O2. The van der Waals surface area contributed by atoms with Gasteiger partial charge in [0.1, 0.15) is 0 Å². The Kier molecular flexibility index (Phi) is 6.49. The first-order chi connectivity index (χ1) is 10.9. The molecule has 0 aromatic heterocycles. The molecule has 0 fully saturated rings. The monoisotopic (exact) mass is 400 g/mol. The van der Waals surface area contributed by atoms with Gasteiger partial charge in [0.05, 0.1) is 0 Å². The fourth-order valence-corrected chi connectivity index (χ4v) is 1.21. The van der Waals surface area contributed by atoms with Crippen molar-refractivity contribution in [3.05, 3.63) is 12.2 Å². The van der Waals surface area contributed by atoms with Gasteiger partial charge in [0.2, 0.25) is 0 Å². The highest BCUT2D eigenvalue weighted by atomic mass is 19.4. The maximum absolute atomic E-state index is 13.1. The van der Waals surface area contributed by atoms with E-state index in [9.17, 15) is 57.5 Å². The number of rotatable bonds is 8. The van der Waals surface area contributed by atoms with Gasteiger partial charge in [-0.15, -0.1) is 0 Å². The molecule has 0 aliphatic carbocycles. The minimum absolute atomic E-state index is 0.353. The van der Waals surface area contributed by atoms with Gasteiger partial charge in [0.15, 0.2) is 6.61 Å². The highest BCUT2D eigenvalue weighted by Crippen LogP contribution is 2.58. The Balaban J connectivity index is 5.82. The summed E-state index contributed by atoms with van der Waals surface area (Å²) in [5.41, 5.74) is 0. The number of ether oxygens (including phenoxy) is 1. The second-order valence-electron chi connectivity index (χ2n) is 4.46. The van der Waals surface area contributed by atoms with Crippen LogP contribution >= 0.6 is 0 Å². The van der Waals surface area contributed by atoms with Crippen LogP contribution in [0.5, 0.6) is 0 Å². The highest BCUT2D eigenvalue weighted by Gasteiger charge is 2.87. The molecule has 0 radical (unpaired) electrons. The summed E-state index contributed by atoms with van der Waals surface area (Å²) in [6.45, 7) is -1.79. The lowest BCUT2D eigenvalue weighted by atomic mass is 9.94. The van der Waals surface area contributed by atoms with E-state index in [4.69, 9.17) is 0 Å². The largest absolute Gasteiger partial charge is 0.456 e. The zero-order valence-corrected chi connectivity index (χ0v) is 11.8. The minimum Gasteiger partial charge on any atom is -0.456 e. The number of halogens is 12. The standard InChI is InChI=1S/C11H8F12O2/c1-2-3-5(24)25-4-7(14,15)9(18,19)11(22,23)10(20,21)8(16,17)6(12)13/h2-3,6H,4H2,1H3/b3-2-. The van der Waals surface area contributed by atoms with Gasteiger partial charge < -0.3 is 4.74 Å². The first kappa shape index (κ1) is 23.4. The molecule has 0 aliphatic rings. The summed E-state index contributed by atoms with van der Waals surface area (Å²) in [5, 5.41) is 0. The normalized spacial score (nSPS) is 15.1. The lowest BCUT2D eigenvalue weighted by Gasteiger charge is -2.38. The van der Waals surface area contributed by atoms with Crippen molar-refractivity contribution in [2.75, 3.05) is 6.61 Å². The Morgan fingerprint density at radius 1 is 0.880 bits per heavy atom. The Bertz CT molecular complexity index is 511. The summed E-state index contributed by atoms with van der Waals surface area (Å²) >= 11 is 0. The van der Waals surface area contributed by atoms with Crippen molar-refractivity contribution in [3.63, 3.8) is 0 Å². The minimum atomic E-state index is -7.63. The zero-order chi connectivity index (χ0) is 20.5. The molecule has 0 aromatic carbocycles. The molecule has 0 spiro atoms. The van der Waals surface area contributed by atoms with Crippen molar-refractivity contribution < 1.29 is 62.2 Å². The van der Waals surface area contributed by atoms with Crippen molar-refractivity contribution in [2.24, 2.45) is 0 Å². The topological polar surface area (TPSA) is 26.3 Å². The molecule has 0 aromatic rings. The zero-order valence-electron chi connectivity index (χ0n) is 11.8. The smallest absolute Gasteiger partial charge is 0.384 e. The molecule has 25 heavy (non-hydrogen) atoms. The van der Waals surface area contributed by atoms with E-state index in [1.807, 2.05) is 0 Å². The fourth-order valence-electron chi connectivity index (χ4n) is 1.21. The Labute approximate surface area is 131 Å². The Morgan fingerprint density at radius 2 is 1.32 bits per heavy atom. The summed E-state index contributed by atoms with van der Waals surface area (Å²) < 4.78 is 156. The van der Waals surface area contributed by atoms with Crippen LogP contribution in [-0.2, 0) is 9.53 Å². The van der Waals surface area contributed by atoms with E-state index in [1.54, 1.807) is 0 Å². The second kappa shape index (κ2) is 6.94. The van der Waals surface area contributed by atoms with E-state index < -0.39 is 48.6 Å². The molecule has 0 atom stereocenters. The van der Waals surface area contributed by atoms with E-state index in [1.165, 1.54) is 0 Å². The number of alkyl halides is 12. The van der Waals surface area contributed by atoms with Gasteiger partial charge in [-0.1, -0.05) is 6.08 Å². The van der Waals surface area contributed by atoms with E-state index in [0.29, 0.717) is 6.08 Å². The third-order valence-electron chi connectivity index (χ3n) is 2.64. The van der Waals surface area contributed by atoms with Crippen LogP contribution < -0.4 is 0 Å². The fraction of sp³-hybridized carbons (Fsp3) is 0.727. The molecule has 0 rings (SSSR count). The summed E-state index contributed by atoms with van der Waals surface area (Å²) in [6, 6.07) is 0. The van der Waals surface area contributed by atoms with E-state index in [2.05, 4.69) is 4.74 Å². The quantitative estimate of drug-likeness (QED) is 0.340. The number of allylic oxidation sites excluding steroid dienone is 1. The predicted molar refractivity (Wildman–Crippen MR) is 56.5 cm³/mol. The summed E-state index contributed by atoms with van der Waals surface area (Å²) in [4.78, 5) is 10.7. The molecule has 0 N–H and O–H groups in total. The van der Waals surface area contributed by atoms with E-state index in [-0.39, 0.29) is 0 Å². The van der Waals surface area contributed by atoms with E-state index in [0.717, 1.165) is 13.0 Å². The molecule has 2 nitrogen and oxygen atoms in total. The number of esters is 1. The van der Waals surface area contributed by atoms with Crippen LogP contribution in [0.15, 0.2) is 12.2 Å². The number of hydrogen-bond donors (Lipinski definition) is 0. The first-order valence-electron chi connectivity index (χ1n) is 5.86. The molecule has 0 saturated heterocycles. The lowest BCUT2D eigenvalue weighted by molar-refractivity contribution is -0.414. The molecule has 14 heteroatoms. The van der Waals surface area contributed by atoms with Crippen molar-refractivity contribution >= 4 is 5.97 Å². The maximum atomic E-state index is 13.1. The third-order valence-corrected chi connectivity index (χ3v) is 2.64. The molecule has 0 heterocycles. The van der Waals surface area contributed by atoms with Crippen molar-refractivity contribution in [1.82, 2.24) is 0 Å². The molecule has 148 valence electrons. The van der Waals surface area contributed by atoms with Gasteiger partial charge in [-0.3, -0.25) is 0 Å². The highest BCUT2D eigenvalue weighted by molar-refractivity contribution is 5.81. The molecule has 0 saturated carbocycles. The van der Waals surface area contributed by atoms with Crippen LogP contribution in [0.3, 0.4) is 0 Å². The Hall–Kier alpha value is -1.63. The third kappa shape index (κ3) is 3.81. The maximum Gasteiger partial charge on any atom is 0.384 e. The van der Waals surface area contributed by atoms with Gasteiger partial charge in [0.25, 0.3) is 0 Å². The van der Waals surface area contributed by atoms with Gasteiger partial charge in [-0.05, 0) is 6.92 Å². The molecule has 0 aliphatic heterocycles. The number of hydrogen-bond acceptors (Lipinski definition) is 2. The summed E-state index contributed by atoms with van der Waals surface area (Å²) in [7, 11) is 0. The van der Waals surface area contributed by atoms with Crippen LogP contribution in [0.25, 0.3) is 0 Å². The molecule has 0 unspecified atom stereocenters. The summed E-state index contributed by atoms with van der Waals surface area (Å²) in [6.07, 6.45) is -4.37. The van der Waals surface area contributed by atoms with Crippen LogP contribution in [0, 0.1) is 0 Å². The van der Waals surface area contributed by atoms with Gasteiger partial charge >= 0.3 is 42.0 Å². The predicted octanol–water partition coefficient (Wildman–Crippen LogP) is 4.55. The number of carbonyl (C=O) groups excluding carboxylic acids is 1. The van der Waals surface area contributed by atoms with Crippen molar-refractivity contribution in [1.29, 1.82) is 0 Å². The molecule has 0 amide bonds. The van der Waals surface area contributed by atoms with Gasteiger partial charge in [-0.2, -0.15) is 43.9 Å². The number of carbonyl (C=O) groups is 1. The lowest BCUT2D eigenvalue weighted by Crippen LogP contribution is -2.69. The first-order valence-corrected chi connectivity index (χ1v) is 5.86. The second-order valence-corrected chi connectivity index (χ2v) is 4.46. The Morgan fingerprint density at radius 3 is 1.68 bits per heavy atom. The van der Waals surface area contributed by atoms with Crippen LogP contribution in [-0.4, -0.2) is 48.6 Å². The van der Waals surface area contributed by atoms with Crippen LogP contribution in [0.1, 0.15) is 6.92 Å². The van der Waals surface area contributed by atoms with Gasteiger partial charge in [-0.25, -0.2) is 13.6 Å². The molecule has 0 bridgehead atoms. The van der Waals surface area contributed by atoms with Crippen LogP contribution in [0.4, 0.5) is 52.7 Å². The van der Waals surface area contributed by atoms with Crippen LogP contribution in [0.2, 0.25) is 0 Å². The molecular weight excluding hydrogens is 392 g/mol.